The first kappa shape index (κ1) is 22.0. The normalized spacial score (nSPS) is 11.2. The fraction of sp³-hybridized carbons (Fsp3) is 0.154. The van der Waals surface area contributed by atoms with Crippen molar-refractivity contribution in [1.29, 1.82) is 0 Å². The molecule has 0 aliphatic carbocycles. The molecule has 2 heterocycles. The van der Waals surface area contributed by atoms with Crippen LogP contribution in [0, 0.1) is 0 Å². The van der Waals surface area contributed by atoms with Crippen LogP contribution in [-0.2, 0) is 17.8 Å². The van der Waals surface area contributed by atoms with E-state index in [0.29, 0.717) is 29.8 Å². The molecule has 2 aromatic carbocycles. The Kier molecular flexibility index (Phi) is 6.90. The Morgan fingerprint density at radius 2 is 1.88 bits per heavy atom. The van der Waals surface area contributed by atoms with Gasteiger partial charge in [0, 0.05) is 19.2 Å². The summed E-state index contributed by atoms with van der Waals surface area (Å²) in [5.41, 5.74) is 2.22. The van der Waals surface area contributed by atoms with E-state index in [1.807, 2.05) is 72.8 Å². The third-order valence-corrected chi connectivity index (χ3v) is 5.18. The molecule has 7 nitrogen and oxygen atoms in total. The monoisotopic (exact) mass is 440 g/mol. The molecule has 4 aromatic rings. The van der Waals surface area contributed by atoms with Crippen LogP contribution in [0.25, 0.3) is 17.0 Å². The van der Waals surface area contributed by atoms with Crippen LogP contribution in [0.2, 0.25) is 0 Å². The number of benzene rings is 2. The Balaban J connectivity index is 1.63. The second-order valence-electron chi connectivity index (χ2n) is 7.57. The number of nitrogens with zero attached hydrogens (tertiary/aromatic N) is 3. The Morgan fingerprint density at radius 1 is 1.06 bits per heavy atom. The van der Waals surface area contributed by atoms with Crippen molar-refractivity contribution >= 4 is 28.8 Å². The van der Waals surface area contributed by atoms with E-state index in [4.69, 9.17) is 5.11 Å². The summed E-state index contributed by atoms with van der Waals surface area (Å²) < 4.78 is 1.58. The first-order chi connectivity index (χ1) is 16.1. The van der Waals surface area contributed by atoms with Gasteiger partial charge >= 0.3 is 5.97 Å². The standard InChI is InChI=1S/C26H24N4O3/c31-25(32)14-13-24-29-22-12-11-19(9-6-16-28-23-10-4-5-15-27-23)17-21(22)26(33)30(24)18-20-7-2-1-3-8-20/h1-12,15,17H,13-14,16,18H2,(H,27,28)(H,31,32)/b9-6+. The molecule has 0 radical (unpaired) electrons. The summed E-state index contributed by atoms with van der Waals surface area (Å²) in [6.45, 7) is 0.936. The molecule has 4 rings (SSSR count). The zero-order valence-corrected chi connectivity index (χ0v) is 18.0. The Labute approximate surface area is 191 Å². The van der Waals surface area contributed by atoms with E-state index >= 15 is 0 Å². The number of pyridine rings is 1. The number of aliphatic carboxylic acids is 1. The van der Waals surface area contributed by atoms with E-state index in [0.717, 1.165) is 16.9 Å². The Morgan fingerprint density at radius 3 is 2.64 bits per heavy atom. The predicted molar refractivity (Wildman–Crippen MR) is 129 cm³/mol. The molecule has 0 aliphatic rings. The smallest absolute Gasteiger partial charge is 0.303 e. The highest BCUT2D eigenvalue weighted by Crippen LogP contribution is 2.15. The minimum atomic E-state index is -0.921. The number of anilines is 1. The van der Waals surface area contributed by atoms with Crippen LogP contribution in [0.3, 0.4) is 0 Å². The molecule has 33 heavy (non-hydrogen) atoms. The van der Waals surface area contributed by atoms with Gasteiger partial charge in [0.05, 0.1) is 23.9 Å². The number of carboxylic acid groups (broad SMARTS) is 1. The lowest BCUT2D eigenvalue weighted by molar-refractivity contribution is -0.137. The van der Waals surface area contributed by atoms with Gasteiger partial charge in [-0.2, -0.15) is 0 Å². The van der Waals surface area contributed by atoms with Crippen molar-refractivity contribution in [3.63, 3.8) is 0 Å². The molecule has 0 aliphatic heterocycles. The van der Waals surface area contributed by atoms with Crippen molar-refractivity contribution in [3.8, 4) is 0 Å². The molecule has 166 valence electrons. The fourth-order valence-corrected chi connectivity index (χ4v) is 3.55. The van der Waals surface area contributed by atoms with Gasteiger partial charge in [0.15, 0.2) is 0 Å². The Bertz CT molecular complexity index is 1330. The van der Waals surface area contributed by atoms with Crippen LogP contribution in [-0.4, -0.2) is 32.2 Å². The van der Waals surface area contributed by atoms with E-state index in [1.54, 1.807) is 16.8 Å². The minimum Gasteiger partial charge on any atom is -0.481 e. The first-order valence-corrected chi connectivity index (χ1v) is 10.7. The number of carbonyl (C=O) groups is 1. The molecule has 0 spiro atoms. The maximum atomic E-state index is 13.4. The molecule has 0 saturated heterocycles. The Hall–Kier alpha value is -4.26. The number of carboxylic acids is 1. The third-order valence-electron chi connectivity index (χ3n) is 5.18. The summed E-state index contributed by atoms with van der Waals surface area (Å²) in [4.78, 5) is 33.4. The molecule has 0 unspecified atom stereocenters. The molecular formula is C26H24N4O3. The van der Waals surface area contributed by atoms with Gasteiger partial charge in [-0.25, -0.2) is 9.97 Å². The summed E-state index contributed by atoms with van der Waals surface area (Å²) in [6, 6.07) is 20.8. The summed E-state index contributed by atoms with van der Waals surface area (Å²) in [5.74, 6) is 0.347. The van der Waals surface area contributed by atoms with E-state index in [2.05, 4.69) is 15.3 Å². The molecule has 2 aromatic heterocycles. The molecular weight excluding hydrogens is 416 g/mol. The van der Waals surface area contributed by atoms with Crippen molar-refractivity contribution < 1.29 is 9.90 Å². The number of hydrogen-bond donors (Lipinski definition) is 2. The van der Waals surface area contributed by atoms with Gasteiger partial charge < -0.3 is 10.4 Å². The number of nitrogens with one attached hydrogen (secondary N) is 1. The molecule has 0 atom stereocenters. The van der Waals surface area contributed by atoms with Crippen LogP contribution < -0.4 is 10.9 Å². The summed E-state index contributed by atoms with van der Waals surface area (Å²) in [7, 11) is 0. The van der Waals surface area contributed by atoms with Crippen molar-refractivity contribution in [2.45, 2.75) is 19.4 Å². The highest BCUT2D eigenvalue weighted by molar-refractivity contribution is 5.80. The average molecular weight is 441 g/mol. The maximum absolute atomic E-state index is 13.4. The van der Waals surface area contributed by atoms with E-state index in [1.165, 1.54) is 0 Å². The predicted octanol–water partition coefficient (Wildman–Crippen LogP) is 3.98. The molecule has 0 amide bonds. The lowest BCUT2D eigenvalue weighted by atomic mass is 10.1. The summed E-state index contributed by atoms with van der Waals surface area (Å²) in [6.07, 6.45) is 5.74. The largest absolute Gasteiger partial charge is 0.481 e. The third kappa shape index (κ3) is 5.71. The van der Waals surface area contributed by atoms with Crippen LogP contribution in [0.1, 0.15) is 23.4 Å². The van der Waals surface area contributed by atoms with Gasteiger partial charge in [0.1, 0.15) is 11.6 Å². The number of rotatable bonds is 9. The minimum absolute atomic E-state index is 0.0865. The molecule has 7 heteroatoms. The van der Waals surface area contributed by atoms with Crippen LogP contribution in [0.15, 0.2) is 83.8 Å². The van der Waals surface area contributed by atoms with Gasteiger partial charge in [0.25, 0.3) is 5.56 Å². The second-order valence-corrected chi connectivity index (χ2v) is 7.57. The van der Waals surface area contributed by atoms with Gasteiger partial charge in [-0.3, -0.25) is 14.2 Å². The topological polar surface area (TPSA) is 97.1 Å². The number of fused-ring (bicyclic) bond motifs is 1. The van der Waals surface area contributed by atoms with E-state index < -0.39 is 5.97 Å². The molecule has 0 bridgehead atoms. The van der Waals surface area contributed by atoms with Gasteiger partial charge in [0.2, 0.25) is 0 Å². The number of aromatic nitrogens is 3. The van der Waals surface area contributed by atoms with Crippen LogP contribution >= 0.6 is 0 Å². The van der Waals surface area contributed by atoms with E-state index in [9.17, 15) is 9.59 Å². The lowest BCUT2D eigenvalue weighted by Crippen LogP contribution is -2.26. The zero-order chi connectivity index (χ0) is 23.0. The zero-order valence-electron chi connectivity index (χ0n) is 18.0. The SMILES string of the molecule is O=C(O)CCc1nc2ccc(/C=C/CNc3ccccn3)cc2c(=O)n1Cc1ccccc1. The lowest BCUT2D eigenvalue weighted by Gasteiger charge is -2.13. The highest BCUT2D eigenvalue weighted by atomic mass is 16.4. The van der Waals surface area contributed by atoms with Crippen LogP contribution in [0.4, 0.5) is 5.82 Å². The van der Waals surface area contributed by atoms with Gasteiger partial charge in [-0.05, 0) is 35.4 Å². The van der Waals surface area contributed by atoms with Crippen molar-refractivity contribution in [1.82, 2.24) is 14.5 Å². The first-order valence-electron chi connectivity index (χ1n) is 10.7. The summed E-state index contributed by atoms with van der Waals surface area (Å²) >= 11 is 0. The number of hydrogen-bond acceptors (Lipinski definition) is 5. The number of aryl methyl sites for hydroxylation is 1. The van der Waals surface area contributed by atoms with Crippen molar-refractivity contribution in [2.24, 2.45) is 0 Å². The molecule has 2 N–H and O–H groups in total. The molecule has 0 fully saturated rings. The van der Waals surface area contributed by atoms with Gasteiger partial charge in [-0.15, -0.1) is 0 Å². The van der Waals surface area contributed by atoms with Crippen molar-refractivity contribution in [2.75, 3.05) is 11.9 Å². The summed E-state index contributed by atoms with van der Waals surface area (Å²) in [5, 5.41) is 12.8. The highest BCUT2D eigenvalue weighted by Gasteiger charge is 2.13. The van der Waals surface area contributed by atoms with E-state index in [-0.39, 0.29) is 18.4 Å². The van der Waals surface area contributed by atoms with Gasteiger partial charge in [-0.1, -0.05) is 54.6 Å². The quantitative estimate of drug-likeness (QED) is 0.409. The maximum Gasteiger partial charge on any atom is 0.303 e. The second kappa shape index (κ2) is 10.4. The molecule has 0 saturated carbocycles. The fourth-order valence-electron chi connectivity index (χ4n) is 3.55. The van der Waals surface area contributed by atoms with Crippen molar-refractivity contribution in [3.05, 3.63) is 106 Å². The van der Waals surface area contributed by atoms with Crippen LogP contribution in [0.5, 0.6) is 0 Å². The average Bonchev–Trinajstić information content (AvgIpc) is 2.84.